The lowest BCUT2D eigenvalue weighted by atomic mass is 9.65. The minimum atomic E-state index is -0.408. The molecule has 0 amide bonds. The van der Waals surface area contributed by atoms with E-state index in [1.54, 1.807) is 6.07 Å². The van der Waals surface area contributed by atoms with Gasteiger partial charge in [0.05, 0.1) is 17.4 Å². The number of hydrogen-bond acceptors (Lipinski definition) is 2. The average molecular weight is 264 g/mol. The summed E-state index contributed by atoms with van der Waals surface area (Å²) in [6, 6.07) is 3.24. The van der Waals surface area contributed by atoms with Gasteiger partial charge in [0, 0.05) is 0 Å². The van der Waals surface area contributed by atoms with Crippen molar-refractivity contribution in [3.8, 4) is 0 Å². The van der Waals surface area contributed by atoms with Crippen LogP contribution < -0.4 is 5.73 Å². The number of nitrogens with zero attached hydrogens (tertiary/aromatic N) is 1. The molecule has 0 saturated heterocycles. The molecule has 3 atom stereocenters. The van der Waals surface area contributed by atoms with Crippen LogP contribution in [0.25, 0.3) is 0 Å². The lowest BCUT2D eigenvalue weighted by Gasteiger charge is -2.43. The highest BCUT2D eigenvalue weighted by Gasteiger charge is 2.41. The summed E-state index contributed by atoms with van der Waals surface area (Å²) in [5, 5.41) is 0. The Kier molecular flexibility index (Phi) is 4.56. The fraction of sp³-hybridized carbons (Fsp3) is 0.688. The zero-order chi connectivity index (χ0) is 13.9. The van der Waals surface area contributed by atoms with E-state index in [9.17, 15) is 4.39 Å². The predicted octanol–water partition coefficient (Wildman–Crippen LogP) is 4.00. The summed E-state index contributed by atoms with van der Waals surface area (Å²) in [7, 11) is 0. The Morgan fingerprint density at radius 3 is 2.63 bits per heavy atom. The molecule has 2 nitrogen and oxygen atoms in total. The first-order valence-corrected chi connectivity index (χ1v) is 7.52. The molecule has 0 spiro atoms. The van der Waals surface area contributed by atoms with E-state index >= 15 is 0 Å². The topological polar surface area (TPSA) is 38.9 Å². The molecule has 3 unspecified atom stereocenters. The second-order valence-electron chi connectivity index (χ2n) is 5.81. The third-order valence-electron chi connectivity index (χ3n) is 4.88. The monoisotopic (exact) mass is 264 g/mol. The number of hydrogen-bond donors (Lipinski definition) is 1. The van der Waals surface area contributed by atoms with Gasteiger partial charge in [0.15, 0.2) is 0 Å². The van der Waals surface area contributed by atoms with Crippen LogP contribution in [0.3, 0.4) is 0 Å². The zero-order valence-electron chi connectivity index (χ0n) is 12.0. The Hall–Kier alpha value is -0.960. The molecule has 3 heteroatoms. The van der Waals surface area contributed by atoms with Crippen LogP contribution in [0.4, 0.5) is 4.39 Å². The highest BCUT2D eigenvalue weighted by atomic mass is 19.1. The summed E-state index contributed by atoms with van der Waals surface area (Å²) in [6.45, 7) is 4.36. The first-order chi connectivity index (χ1) is 9.11. The van der Waals surface area contributed by atoms with Crippen LogP contribution in [-0.2, 0) is 5.54 Å². The lowest BCUT2D eigenvalue weighted by molar-refractivity contribution is 0.119. The summed E-state index contributed by atoms with van der Waals surface area (Å²) < 4.78 is 13.1. The van der Waals surface area contributed by atoms with Crippen molar-refractivity contribution in [3.05, 3.63) is 29.8 Å². The lowest BCUT2D eigenvalue weighted by Crippen LogP contribution is -2.48. The molecule has 1 aliphatic rings. The molecule has 2 N–H and O–H groups in total. The van der Waals surface area contributed by atoms with Gasteiger partial charge >= 0.3 is 0 Å². The number of halogens is 1. The van der Waals surface area contributed by atoms with E-state index in [2.05, 4.69) is 18.8 Å². The van der Waals surface area contributed by atoms with Gasteiger partial charge in [-0.15, -0.1) is 0 Å². The van der Waals surface area contributed by atoms with Crippen molar-refractivity contribution in [2.24, 2.45) is 17.6 Å². The molecule has 0 aliphatic heterocycles. The third kappa shape index (κ3) is 2.81. The van der Waals surface area contributed by atoms with Crippen LogP contribution >= 0.6 is 0 Å². The Labute approximate surface area is 115 Å². The first-order valence-electron chi connectivity index (χ1n) is 7.52. The van der Waals surface area contributed by atoms with Crippen molar-refractivity contribution in [3.63, 3.8) is 0 Å². The largest absolute Gasteiger partial charge is 0.320 e. The van der Waals surface area contributed by atoms with E-state index < -0.39 is 5.54 Å². The van der Waals surface area contributed by atoms with Crippen LogP contribution in [0.5, 0.6) is 0 Å². The van der Waals surface area contributed by atoms with Gasteiger partial charge in [-0.05, 0) is 36.8 Å². The molecule has 2 rings (SSSR count). The molecule has 1 saturated carbocycles. The minimum absolute atomic E-state index is 0.294. The van der Waals surface area contributed by atoms with E-state index in [0.29, 0.717) is 11.8 Å². The van der Waals surface area contributed by atoms with Crippen LogP contribution in [-0.4, -0.2) is 4.98 Å². The minimum Gasteiger partial charge on any atom is -0.320 e. The normalized spacial score (nSPS) is 26.9. The Bertz CT molecular complexity index is 404. The average Bonchev–Trinajstić information content (AvgIpc) is 2.47. The Morgan fingerprint density at radius 1 is 1.32 bits per heavy atom. The van der Waals surface area contributed by atoms with Gasteiger partial charge in [-0.25, -0.2) is 4.39 Å². The summed E-state index contributed by atoms with van der Waals surface area (Å²) in [5.74, 6) is 0.845. The molecule has 1 heterocycles. The van der Waals surface area contributed by atoms with Gasteiger partial charge in [0.1, 0.15) is 5.82 Å². The second kappa shape index (κ2) is 6.00. The molecule has 1 aliphatic carbocycles. The van der Waals surface area contributed by atoms with Crippen LogP contribution in [0.2, 0.25) is 0 Å². The molecule has 1 fully saturated rings. The van der Waals surface area contributed by atoms with Crippen LogP contribution in [0.1, 0.15) is 58.1 Å². The van der Waals surface area contributed by atoms with Crippen molar-refractivity contribution in [1.29, 1.82) is 0 Å². The van der Waals surface area contributed by atoms with Crippen LogP contribution in [0, 0.1) is 17.7 Å². The molecule has 1 aromatic heterocycles. The molecule has 1 aromatic rings. The molecule has 0 bridgehead atoms. The number of pyridine rings is 1. The molecule has 19 heavy (non-hydrogen) atoms. The summed E-state index contributed by atoms with van der Waals surface area (Å²) in [6.07, 6.45) is 8.31. The highest BCUT2D eigenvalue weighted by Crippen LogP contribution is 2.43. The van der Waals surface area contributed by atoms with Gasteiger partial charge < -0.3 is 5.73 Å². The first kappa shape index (κ1) is 14.4. The van der Waals surface area contributed by atoms with Gasteiger partial charge in [0.25, 0.3) is 0 Å². The summed E-state index contributed by atoms with van der Waals surface area (Å²) in [4.78, 5) is 4.27. The predicted molar refractivity (Wildman–Crippen MR) is 76.1 cm³/mol. The van der Waals surface area contributed by atoms with E-state index in [-0.39, 0.29) is 5.82 Å². The molecule has 0 radical (unpaired) electrons. The number of rotatable bonds is 4. The van der Waals surface area contributed by atoms with Crippen molar-refractivity contribution in [2.45, 2.75) is 57.9 Å². The quantitative estimate of drug-likeness (QED) is 0.892. The zero-order valence-corrected chi connectivity index (χ0v) is 12.0. The maximum absolute atomic E-state index is 13.1. The van der Waals surface area contributed by atoms with Gasteiger partial charge in [-0.3, -0.25) is 4.98 Å². The molecular formula is C16H25FN2. The summed E-state index contributed by atoms with van der Waals surface area (Å²) in [5.41, 5.74) is 7.17. The Balaban J connectivity index is 2.32. The van der Waals surface area contributed by atoms with Gasteiger partial charge in [-0.1, -0.05) is 39.5 Å². The van der Waals surface area contributed by atoms with Gasteiger partial charge in [0.2, 0.25) is 0 Å². The van der Waals surface area contributed by atoms with E-state index in [1.807, 2.05) is 0 Å². The van der Waals surface area contributed by atoms with E-state index in [0.717, 1.165) is 12.1 Å². The van der Waals surface area contributed by atoms with E-state index in [1.165, 1.54) is 44.4 Å². The number of nitrogens with two attached hydrogens (primary N) is 1. The van der Waals surface area contributed by atoms with Gasteiger partial charge in [-0.2, -0.15) is 0 Å². The van der Waals surface area contributed by atoms with E-state index in [4.69, 9.17) is 5.73 Å². The fourth-order valence-corrected chi connectivity index (χ4v) is 3.66. The standard InChI is InChI=1S/C16H25FN2/c1-3-12-7-5-6-8-14(12)16(18,4-2)15-10-9-13(17)11-19-15/h9-12,14H,3-8,18H2,1-2H3. The maximum Gasteiger partial charge on any atom is 0.141 e. The van der Waals surface area contributed by atoms with Crippen molar-refractivity contribution in [2.75, 3.05) is 0 Å². The highest BCUT2D eigenvalue weighted by molar-refractivity contribution is 5.18. The molecular weight excluding hydrogens is 239 g/mol. The molecule has 0 aromatic carbocycles. The maximum atomic E-state index is 13.1. The molecule has 106 valence electrons. The SMILES string of the molecule is CCC1CCCCC1C(N)(CC)c1ccc(F)cn1. The number of aromatic nitrogens is 1. The van der Waals surface area contributed by atoms with Crippen molar-refractivity contribution >= 4 is 0 Å². The van der Waals surface area contributed by atoms with Crippen molar-refractivity contribution < 1.29 is 4.39 Å². The smallest absolute Gasteiger partial charge is 0.141 e. The van der Waals surface area contributed by atoms with Crippen molar-refractivity contribution in [1.82, 2.24) is 4.98 Å². The third-order valence-corrected chi connectivity index (χ3v) is 4.88. The second-order valence-corrected chi connectivity index (χ2v) is 5.81. The summed E-state index contributed by atoms with van der Waals surface area (Å²) >= 11 is 0. The Morgan fingerprint density at radius 2 is 2.05 bits per heavy atom. The van der Waals surface area contributed by atoms with Crippen LogP contribution in [0.15, 0.2) is 18.3 Å². The fourth-order valence-electron chi connectivity index (χ4n) is 3.66.